The SMILES string of the molecule is CNCC[CH2][Sn]([O]C)([O]C)[O]C. The first kappa shape index (κ1) is 12.6. The first-order valence-corrected chi connectivity index (χ1v) is 9.56. The second-order valence-electron chi connectivity index (χ2n) is 2.50. The summed E-state index contributed by atoms with van der Waals surface area (Å²) in [6.45, 7) is 0.981. The minimum absolute atomic E-state index is 0.930. The fourth-order valence-electron chi connectivity index (χ4n) is 1.04. The van der Waals surface area contributed by atoms with Gasteiger partial charge in [-0.25, -0.2) is 0 Å². The number of rotatable bonds is 7. The van der Waals surface area contributed by atoms with Crippen LogP contribution in [-0.2, 0) is 9.22 Å². The van der Waals surface area contributed by atoms with Gasteiger partial charge in [0, 0.05) is 0 Å². The summed E-state index contributed by atoms with van der Waals surface area (Å²) >= 11 is -3.03. The third-order valence-electron chi connectivity index (χ3n) is 1.84. The van der Waals surface area contributed by atoms with Crippen molar-refractivity contribution in [2.24, 2.45) is 0 Å². The van der Waals surface area contributed by atoms with Crippen LogP contribution in [0.25, 0.3) is 0 Å². The molecule has 0 bridgehead atoms. The van der Waals surface area contributed by atoms with Crippen LogP contribution in [0, 0.1) is 0 Å². The Balaban J connectivity index is 3.76. The van der Waals surface area contributed by atoms with Gasteiger partial charge in [-0.15, -0.1) is 0 Å². The molecule has 0 aromatic carbocycles. The van der Waals surface area contributed by atoms with E-state index in [1.165, 1.54) is 0 Å². The van der Waals surface area contributed by atoms with E-state index in [0.717, 1.165) is 17.4 Å². The van der Waals surface area contributed by atoms with Crippen molar-refractivity contribution in [3.8, 4) is 0 Å². The summed E-state index contributed by atoms with van der Waals surface area (Å²) in [7, 11) is 6.94. The molecule has 0 aliphatic heterocycles. The Bertz CT molecular complexity index is 101. The van der Waals surface area contributed by atoms with Crippen LogP contribution < -0.4 is 5.32 Å². The van der Waals surface area contributed by atoms with E-state index >= 15 is 0 Å². The second kappa shape index (κ2) is 7.08. The Labute approximate surface area is 80.1 Å². The van der Waals surface area contributed by atoms with Gasteiger partial charge in [0.2, 0.25) is 0 Å². The molecule has 0 spiro atoms. The standard InChI is InChI=1S/C4H10N.3CH3O.Sn/c1-3-4-5-2;3*1-2;/h5H,1,3-4H2,2H3;3*1H3;/q;3*-1;+3. The van der Waals surface area contributed by atoms with E-state index in [4.69, 9.17) is 9.22 Å². The van der Waals surface area contributed by atoms with E-state index in [1.807, 2.05) is 7.05 Å². The van der Waals surface area contributed by atoms with Gasteiger partial charge in [0.25, 0.3) is 0 Å². The van der Waals surface area contributed by atoms with Crippen molar-refractivity contribution in [1.29, 1.82) is 0 Å². The van der Waals surface area contributed by atoms with E-state index in [1.54, 1.807) is 21.3 Å². The minimum atomic E-state index is -3.03. The first-order chi connectivity index (χ1) is 5.74. The summed E-state index contributed by atoms with van der Waals surface area (Å²) < 4.78 is 16.9. The van der Waals surface area contributed by atoms with Gasteiger partial charge in [-0.1, -0.05) is 0 Å². The van der Waals surface area contributed by atoms with Crippen molar-refractivity contribution in [1.82, 2.24) is 5.32 Å². The Morgan fingerprint density at radius 1 is 1.08 bits per heavy atom. The van der Waals surface area contributed by atoms with Gasteiger partial charge in [0.1, 0.15) is 0 Å². The summed E-state index contributed by atoms with van der Waals surface area (Å²) in [6.07, 6.45) is 1.04. The topological polar surface area (TPSA) is 39.7 Å². The zero-order chi connectivity index (χ0) is 9.45. The normalized spacial score (nSPS) is 12.0. The predicted molar refractivity (Wildman–Crippen MR) is 50.1 cm³/mol. The van der Waals surface area contributed by atoms with Crippen LogP contribution >= 0.6 is 0 Å². The molecule has 0 atom stereocenters. The summed E-state index contributed by atoms with van der Waals surface area (Å²) in [5.74, 6) is 0. The summed E-state index contributed by atoms with van der Waals surface area (Å²) in [5, 5.41) is 3.08. The maximum absolute atomic E-state index is 5.32. The summed E-state index contributed by atoms with van der Waals surface area (Å²) in [5.41, 5.74) is 0. The molecular formula is C7H19NO3Sn. The van der Waals surface area contributed by atoms with Crippen LogP contribution in [-0.4, -0.2) is 54.5 Å². The average Bonchev–Trinajstić information content (AvgIpc) is 2.14. The zero-order valence-electron chi connectivity index (χ0n) is 8.35. The van der Waals surface area contributed by atoms with Crippen LogP contribution in [0.5, 0.6) is 0 Å². The van der Waals surface area contributed by atoms with Crippen LogP contribution in [0.3, 0.4) is 0 Å². The number of hydrogen-bond donors (Lipinski definition) is 1. The second-order valence-corrected chi connectivity index (χ2v) is 11.3. The average molecular weight is 284 g/mol. The molecule has 1 N–H and O–H groups in total. The molecule has 0 aliphatic carbocycles. The van der Waals surface area contributed by atoms with Gasteiger partial charge in [0.15, 0.2) is 0 Å². The van der Waals surface area contributed by atoms with Gasteiger partial charge >= 0.3 is 79.9 Å². The maximum atomic E-state index is 5.32. The monoisotopic (exact) mass is 285 g/mol. The van der Waals surface area contributed by atoms with Crippen molar-refractivity contribution < 1.29 is 9.22 Å². The predicted octanol–water partition coefficient (Wildman–Crippen LogP) is 0.474. The van der Waals surface area contributed by atoms with Crippen LogP contribution in [0.15, 0.2) is 0 Å². The molecule has 4 nitrogen and oxygen atoms in total. The van der Waals surface area contributed by atoms with Gasteiger partial charge in [-0.3, -0.25) is 0 Å². The molecule has 0 aromatic rings. The van der Waals surface area contributed by atoms with E-state index in [0.29, 0.717) is 0 Å². The molecule has 5 heteroatoms. The summed E-state index contributed by atoms with van der Waals surface area (Å²) in [4.78, 5) is 0. The van der Waals surface area contributed by atoms with E-state index in [2.05, 4.69) is 5.32 Å². The zero-order valence-corrected chi connectivity index (χ0v) is 11.2. The molecule has 12 heavy (non-hydrogen) atoms. The molecule has 0 rings (SSSR count). The molecule has 74 valence electrons. The van der Waals surface area contributed by atoms with Crippen LogP contribution in [0.4, 0.5) is 0 Å². The molecule has 0 unspecified atom stereocenters. The van der Waals surface area contributed by atoms with E-state index < -0.39 is 19.6 Å². The molecule has 0 heterocycles. The molecule has 0 aliphatic rings. The molecular weight excluding hydrogens is 265 g/mol. The third kappa shape index (κ3) is 4.04. The van der Waals surface area contributed by atoms with Crippen molar-refractivity contribution >= 4 is 19.6 Å². The van der Waals surface area contributed by atoms with E-state index in [-0.39, 0.29) is 0 Å². The van der Waals surface area contributed by atoms with Crippen LogP contribution in [0.1, 0.15) is 6.42 Å². The quantitative estimate of drug-likeness (QED) is 0.545. The third-order valence-corrected chi connectivity index (χ3v) is 9.93. The van der Waals surface area contributed by atoms with Crippen molar-refractivity contribution in [3.05, 3.63) is 0 Å². The van der Waals surface area contributed by atoms with Gasteiger partial charge in [-0.05, 0) is 0 Å². The number of nitrogens with one attached hydrogen (secondary N) is 1. The number of hydrogen-bond acceptors (Lipinski definition) is 4. The Morgan fingerprint density at radius 2 is 1.58 bits per heavy atom. The van der Waals surface area contributed by atoms with Crippen LogP contribution in [0.2, 0.25) is 4.44 Å². The molecule has 0 aromatic heterocycles. The Hall–Kier alpha value is 0.639. The molecule has 0 saturated carbocycles. The van der Waals surface area contributed by atoms with Crippen molar-refractivity contribution in [3.63, 3.8) is 0 Å². The van der Waals surface area contributed by atoms with Gasteiger partial charge < -0.3 is 0 Å². The Morgan fingerprint density at radius 3 is 1.92 bits per heavy atom. The first-order valence-electron chi connectivity index (χ1n) is 4.04. The van der Waals surface area contributed by atoms with Crippen molar-refractivity contribution in [2.45, 2.75) is 10.9 Å². The molecule has 0 amide bonds. The molecule has 0 radical (unpaired) electrons. The van der Waals surface area contributed by atoms with Gasteiger partial charge in [0.05, 0.1) is 0 Å². The fraction of sp³-hybridized carbons (Fsp3) is 1.00. The molecule has 0 fully saturated rings. The summed E-state index contributed by atoms with van der Waals surface area (Å²) in [6, 6.07) is 0. The van der Waals surface area contributed by atoms with Gasteiger partial charge in [-0.2, -0.15) is 0 Å². The van der Waals surface area contributed by atoms with E-state index in [9.17, 15) is 0 Å². The molecule has 0 saturated heterocycles. The Kier molecular flexibility index (Phi) is 7.46. The van der Waals surface area contributed by atoms with Crippen molar-refractivity contribution in [2.75, 3.05) is 34.9 Å². The fourth-order valence-corrected chi connectivity index (χ4v) is 5.95.